The van der Waals surface area contributed by atoms with Gasteiger partial charge < -0.3 is 14.2 Å². The lowest BCUT2D eigenvalue weighted by molar-refractivity contribution is -0.123. The molecule has 0 saturated carbocycles. The van der Waals surface area contributed by atoms with Crippen molar-refractivity contribution in [1.29, 1.82) is 0 Å². The smallest absolute Gasteiger partial charge is 0.277 e. The van der Waals surface area contributed by atoms with Crippen LogP contribution in [0.25, 0.3) is 0 Å². The van der Waals surface area contributed by atoms with Crippen LogP contribution in [0.15, 0.2) is 76.3 Å². The number of para-hydroxylation sites is 1. The molecular formula is C24H22BrClN2O4. The van der Waals surface area contributed by atoms with Crippen LogP contribution < -0.4 is 19.6 Å². The molecule has 8 heteroatoms. The summed E-state index contributed by atoms with van der Waals surface area (Å²) in [4.78, 5) is 11.9. The molecule has 0 aromatic heterocycles. The van der Waals surface area contributed by atoms with E-state index < -0.39 is 0 Å². The molecule has 0 saturated heterocycles. The molecule has 1 N–H and O–H groups in total. The van der Waals surface area contributed by atoms with E-state index in [1.54, 1.807) is 18.2 Å². The van der Waals surface area contributed by atoms with Gasteiger partial charge in [0, 0.05) is 10.6 Å². The Labute approximate surface area is 200 Å². The summed E-state index contributed by atoms with van der Waals surface area (Å²) in [6, 6.07) is 20.2. The Kier molecular flexibility index (Phi) is 8.95. The average molecular weight is 518 g/mol. The molecule has 3 rings (SSSR count). The molecule has 0 fully saturated rings. The van der Waals surface area contributed by atoms with Gasteiger partial charge in [-0.1, -0.05) is 48.0 Å². The van der Waals surface area contributed by atoms with Gasteiger partial charge in [0.1, 0.15) is 12.4 Å². The van der Waals surface area contributed by atoms with Gasteiger partial charge in [0.2, 0.25) is 0 Å². The van der Waals surface area contributed by atoms with Crippen molar-refractivity contribution in [2.24, 2.45) is 5.10 Å². The minimum atomic E-state index is -0.367. The van der Waals surface area contributed by atoms with Gasteiger partial charge in [0.05, 0.1) is 17.3 Å². The van der Waals surface area contributed by atoms with Crippen molar-refractivity contribution in [1.82, 2.24) is 5.43 Å². The fraction of sp³-hybridized carbons (Fsp3) is 0.167. The summed E-state index contributed by atoms with van der Waals surface area (Å²) >= 11 is 9.74. The summed E-state index contributed by atoms with van der Waals surface area (Å²) in [7, 11) is 0. The van der Waals surface area contributed by atoms with E-state index in [9.17, 15) is 4.79 Å². The predicted octanol–water partition coefficient (Wildman–Crippen LogP) is 5.61. The molecule has 0 radical (unpaired) electrons. The highest BCUT2D eigenvalue weighted by Gasteiger charge is 2.13. The Bertz CT molecular complexity index is 1080. The zero-order chi connectivity index (χ0) is 22.8. The molecule has 32 heavy (non-hydrogen) atoms. The van der Waals surface area contributed by atoms with E-state index in [0.717, 1.165) is 11.1 Å². The van der Waals surface area contributed by atoms with E-state index in [1.165, 1.54) is 6.21 Å². The van der Waals surface area contributed by atoms with Gasteiger partial charge in [-0.15, -0.1) is 0 Å². The van der Waals surface area contributed by atoms with E-state index in [0.29, 0.717) is 40.0 Å². The molecule has 0 aliphatic heterocycles. The molecule has 0 atom stereocenters. The molecule has 166 valence electrons. The van der Waals surface area contributed by atoms with Crippen LogP contribution in [0.4, 0.5) is 0 Å². The number of benzene rings is 3. The van der Waals surface area contributed by atoms with Crippen molar-refractivity contribution in [2.45, 2.75) is 13.5 Å². The summed E-state index contributed by atoms with van der Waals surface area (Å²) in [6.07, 6.45) is 1.52. The molecule has 3 aromatic rings. The van der Waals surface area contributed by atoms with Crippen LogP contribution in [0, 0.1) is 0 Å². The van der Waals surface area contributed by atoms with Gasteiger partial charge >= 0.3 is 0 Å². The number of amides is 1. The Morgan fingerprint density at radius 3 is 2.56 bits per heavy atom. The second kappa shape index (κ2) is 12.1. The number of hydrazone groups is 1. The highest BCUT2D eigenvalue weighted by atomic mass is 79.9. The van der Waals surface area contributed by atoms with Crippen LogP contribution >= 0.6 is 27.5 Å². The third-order valence-electron chi connectivity index (χ3n) is 4.18. The van der Waals surface area contributed by atoms with Crippen LogP contribution in [-0.2, 0) is 11.4 Å². The van der Waals surface area contributed by atoms with E-state index in [4.69, 9.17) is 25.8 Å². The molecule has 0 bridgehead atoms. The van der Waals surface area contributed by atoms with Crippen molar-refractivity contribution in [3.63, 3.8) is 0 Å². The number of carbonyl (C=O) groups is 1. The maximum Gasteiger partial charge on any atom is 0.277 e. The lowest BCUT2D eigenvalue weighted by Gasteiger charge is -2.15. The summed E-state index contributed by atoms with van der Waals surface area (Å²) in [5.41, 5.74) is 4.03. The first-order chi connectivity index (χ1) is 15.6. The summed E-state index contributed by atoms with van der Waals surface area (Å²) in [6.45, 7) is 2.51. The van der Waals surface area contributed by atoms with Crippen LogP contribution in [0.1, 0.15) is 18.1 Å². The first-order valence-electron chi connectivity index (χ1n) is 9.89. The largest absolute Gasteiger partial charge is 0.490 e. The minimum absolute atomic E-state index is 0.135. The first-order valence-corrected chi connectivity index (χ1v) is 11.1. The van der Waals surface area contributed by atoms with Gasteiger partial charge in [0.15, 0.2) is 18.1 Å². The van der Waals surface area contributed by atoms with E-state index >= 15 is 0 Å². The zero-order valence-electron chi connectivity index (χ0n) is 17.4. The van der Waals surface area contributed by atoms with Crippen molar-refractivity contribution in [3.05, 3.63) is 87.4 Å². The number of hydrogen-bond donors (Lipinski definition) is 1. The quantitative estimate of drug-likeness (QED) is 0.280. The summed E-state index contributed by atoms with van der Waals surface area (Å²) < 4.78 is 17.8. The van der Waals surface area contributed by atoms with E-state index in [1.807, 2.05) is 55.5 Å². The van der Waals surface area contributed by atoms with Crippen LogP contribution in [0.5, 0.6) is 17.2 Å². The van der Waals surface area contributed by atoms with E-state index in [-0.39, 0.29) is 12.5 Å². The SMILES string of the molecule is CCOc1cc(/C=N\NC(=O)COc2ccccc2)cc(Br)c1OCc1ccccc1Cl. The zero-order valence-corrected chi connectivity index (χ0v) is 19.7. The second-order valence-electron chi connectivity index (χ2n) is 6.54. The molecule has 3 aromatic carbocycles. The van der Waals surface area contributed by atoms with Gasteiger partial charge in [0.25, 0.3) is 5.91 Å². The number of nitrogens with one attached hydrogen (secondary N) is 1. The van der Waals surface area contributed by atoms with Gasteiger partial charge in [-0.2, -0.15) is 5.10 Å². The highest BCUT2D eigenvalue weighted by Crippen LogP contribution is 2.37. The molecule has 0 aliphatic carbocycles. The second-order valence-corrected chi connectivity index (χ2v) is 7.80. The van der Waals surface area contributed by atoms with Gasteiger partial charge in [-0.05, 0) is 58.7 Å². The van der Waals surface area contributed by atoms with Crippen LogP contribution in [-0.4, -0.2) is 25.3 Å². The average Bonchev–Trinajstić information content (AvgIpc) is 2.79. The topological polar surface area (TPSA) is 69.2 Å². The van der Waals surface area contributed by atoms with Gasteiger partial charge in [-0.3, -0.25) is 4.79 Å². The molecule has 6 nitrogen and oxygen atoms in total. The normalized spacial score (nSPS) is 10.7. The van der Waals surface area contributed by atoms with Crippen molar-refractivity contribution >= 4 is 39.7 Å². The number of rotatable bonds is 10. The first kappa shape index (κ1) is 23.6. The third-order valence-corrected chi connectivity index (χ3v) is 5.14. The standard InChI is InChI=1S/C24H22BrClN2O4/c1-2-30-22-13-17(14-27-28-23(29)16-31-19-9-4-3-5-10-19)12-20(25)24(22)32-15-18-8-6-7-11-21(18)26/h3-14H,2,15-16H2,1H3,(H,28,29)/b27-14-. The number of hydrogen-bond acceptors (Lipinski definition) is 5. The molecular weight excluding hydrogens is 496 g/mol. The maximum absolute atomic E-state index is 11.9. The Hall–Kier alpha value is -3.03. The lowest BCUT2D eigenvalue weighted by atomic mass is 10.2. The lowest BCUT2D eigenvalue weighted by Crippen LogP contribution is -2.24. The molecule has 0 spiro atoms. The molecule has 0 aliphatic rings. The minimum Gasteiger partial charge on any atom is -0.490 e. The van der Waals surface area contributed by atoms with Gasteiger partial charge in [-0.25, -0.2) is 5.43 Å². The Balaban J connectivity index is 1.62. The Morgan fingerprint density at radius 1 is 1.06 bits per heavy atom. The number of ether oxygens (including phenoxy) is 3. The number of halogens is 2. The van der Waals surface area contributed by atoms with Crippen molar-refractivity contribution in [3.8, 4) is 17.2 Å². The molecule has 0 unspecified atom stereocenters. The molecule has 0 heterocycles. The van der Waals surface area contributed by atoms with Crippen molar-refractivity contribution < 1.29 is 19.0 Å². The predicted molar refractivity (Wildman–Crippen MR) is 129 cm³/mol. The molecule has 1 amide bonds. The fourth-order valence-electron chi connectivity index (χ4n) is 2.71. The van der Waals surface area contributed by atoms with Crippen LogP contribution in [0.2, 0.25) is 5.02 Å². The number of carbonyl (C=O) groups excluding carboxylic acids is 1. The van der Waals surface area contributed by atoms with Crippen molar-refractivity contribution in [2.75, 3.05) is 13.2 Å². The summed E-state index contributed by atoms with van der Waals surface area (Å²) in [5.74, 6) is 1.36. The van der Waals surface area contributed by atoms with Crippen LogP contribution in [0.3, 0.4) is 0 Å². The number of nitrogens with zero attached hydrogens (tertiary/aromatic N) is 1. The summed E-state index contributed by atoms with van der Waals surface area (Å²) in [5, 5.41) is 4.63. The monoisotopic (exact) mass is 516 g/mol. The Morgan fingerprint density at radius 2 is 1.81 bits per heavy atom. The highest BCUT2D eigenvalue weighted by molar-refractivity contribution is 9.10. The maximum atomic E-state index is 11.9. The fourth-order valence-corrected chi connectivity index (χ4v) is 3.47. The van der Waals surface area contributed by atoms with E-state index in [2.05, 4.69) is 26.5 Å². The third kappa shape index (κ3) is 7.00.